The van der Waals surface area contributed by atoms with Crippen molar-refractivity contribution in [2.24, 2.45) is 5.73 Å². The first kappa shape index (κ1) is 25.8. The van der Waals surface area contributed by atoms with E-state index >= 15 is 0 Å². The largest absolute Gasteiger partial charge is 0.487 e. The molecule has 40 heavy (non-hydrogen) atoms. The lowest BCUT2D eigenvalue weighted by molar-refractivity contribution is 0.0477. The second kappa shape index (κ2) is 11.0. The van der Waals surface area contributed by atoms with E-state index in [0.29, 0.717) is 36.0 Å². The van der Waals surface area contributed by atoms with Gasteiger partial charge in [0.1, 0.15) is 17.5 Å². The first-order valence-corrected chi connectivity index (χ1v) is 13.9. The maximum atomic E-state index is 13.5. The fourth-order valence-corrected chi connectivity index (χ4v) is 5.89. The number of nitrogens with two attached hydrogens (primary N) is 1. The van der Waals surface area contributed by atoms with Gasteiger partial charge in [-0.3, -0.25) is 10.1 Å². The topological polar surface area (TPSA) is 119 Å². The molecule has 0 radical (unpaired) electrons. The number of anilines is 2. The number of thiazole rings is 1. The molecule has 2 fully saturated rings. The van der Waals surface area contributed by atoms with Crippen LogP contribution < -0.4 is 20.7 Å². The van der Waals surface area contributed by atoms with Crippen molar-refractivity contribution >= 4 is 34.1 Å². The van der Waals surface area contributed by atoms with E-state index in [1.165, 1.54) is 23.6 Å². The predicted octanol–water partition coefficient (Wildman–Crippen LogP) is 4.26. The molecule has 1 atom stereocenters. The number of rotatable bonds is 8. The van der Waals surface area contributed by atoms with Gasteiger partial charge in [-0.1, -0.05) is 0 Å². The Morgan fingerprint density at radius 1 is 1.18 bits per heavy atom. The minimum atomic E-state index is -0.553. The van der Waals surface area contributed by atoms with Crippen molar-refractivity contribution in [3.63, 3.8) is 0 Å². The molecule has 0 aliphatic carbocycles. The van der Waals surface area contributed by atoms with Gasteiger partial charge in [-0.05, 0) is 66.9 Å². The summed E-state index contributed by atoms with van der Waals surface area (Å²) in [4.78, 5) is 36.4. The van der Waals surface area contributed by atoms with Gasteiger partial charge in [0, 0.05) is 36.6 Å². The average molecular weight is 562 g/mol. The maximum Gasteiger partial charge on any atom is 0.315 e. The smallest absolute Gasteiger partial charge is 0.315 e. The molecule has 6 rings (SSSR count). The van der Waals surface area contributed by atoms with Crippen LogP contribution in [0.1, 0.15) is 40.6 Å². The van der Waals surface area contributed by atoms with Gasteiger partial charge in [0.25, 0.3) is 5.91 Å². The zero-order valence-electron chi connectivity index (χ0n) is 21.6. The molecule has 3 aromatic heterocycles. The summed E-state index contributed by atoms with van der Waals surface area (Å²) in [6.45, 7) is 2.27. The van der Waals surface area contributed by atoms with E-state index in [2.05, 4.69) is 15.2 Å². The van der Waals surface area contributed by atoms with Crippen LogP contribution in [0.15, 0.2) is 66.3 Å². The average Bonchev–Trinajstić information content (AvgIpc) is 3.67. The fraction of sp³-hybridized carbons (Fsp3) is 0.286. The van der Waals surface area contributed by atoms with Gasteiger partial charge in [-0.2, -0.15) is 4.39 Å². The van der Waals surface area contributed by atoms with Crippen molar-refractivity contribution in [3.05, 3.63) is 89.2 Å². The zero-order chi connectivity index (χ0) is 27.6. The summed E-state index contributed by atoms with van der Waals surface area (Å²) in [6, 6.07) is 14.2. The first-order chi connectivity index (χ1) is 19.4. The van der Waals surface area contributed by atoms with E-state index < -0.39 is 12.0 Å². The zero-order valence-corrected chi connectivity index (χ0v) is 22.4. The van der Waals surface area contributed by atoms with Crippen LogP contribution in [-0.2, 0) is 6.54 Å². The van der Waals surface area contributed by atoms with E-state index in [1.54, 1.807) is 33.9 Å². The van der Waals surface area contributed by atoms with Crippen molar-refractivity contribution in [2.75, 3.05) is 29.9 Å². The number of hydrogen-bond donors (Lipinski definition) is 2. The number of nitrogens with zero attached hydrogens (tertiary/aromatic N) is 5. The van der Waals surface area contributed by atoms with E-state index in [-0.39, 0.29) is 18.1 Å². The summed E-state index contributed by atoms with van der Waals surface area (Å²) in [5, 5.41) is 5.45. The standard InChI is InChI=1S/C28H28FN7O3S/c29-25-13-18(9-10-31-25)14-34-11-1-4-24(34)26(37)33-28-32-22(17-40-28)23-3-2-12-36(23)19-5-7-20(8-6-19)39-21-15-35(16-21)27(30)38/h1,4-11,13,17,21,23H,2-3,12,14-16H2,(H2,30,38)(H,32,33,37)/t23-/m1/s1. The van der Waals surface area contributed by atoms with Gasteiger partial charge in [0.05, 0.1) is 24.8 Å². The van der Waals surface area contributed by atoms with Crippen molar-refractivity contribution in [1.82, 2.24) is 19.4 Å². The highest BCUT2D eigenvalue weighted by Crippen LogP contribution is 2.38. The molecule has 0 saturated carbocycles. The summed E-state index contributed by atoms with van der Waals surface area (Å²) < 4.78 is 21.2. The Morgan fingerprint density at radius 2 is 2.00 bits per heavy atom. The number of pyridine rings is 1. The van der Waals surface area contributed by atoms with Crippen LogP contribution in [0.4, 0.5) is 20.0 Å². The molecule has 1 aromatic carbocycles. The van der Waals surface area contributed by atoms with Crippen LogP contribution in [-0.4, -0.2) is 57.1 Å². The number of primary amides is 1. The van der Waals surface area contributed by atoms with Crippen molar-refractivity contribution in [3.8, 4) is 5.75 Å². The molecule has 2 aliphatic heterocycles. The van der Waals surface area contributed by atoms with Gasteiger partial charge < -0.3 is 24.8 Å². The fourth-order valence-electron chi connectivity index (χ4n) is 5.14. The van der Waals surface area contributed by atoms with E-state index in [1.807, 2.05) is 29.6 Å². The second-order valence-electron chi connectivity index (χ2n) is 9.87. The molecular formula is C28H28FN7O3S. The Morgan fingerprint density at radius 3 is 2.77 bits per heavy atom. The van der Waals surface area contributed by atoms with Crippen molar-refractivity contribution in [2.45, 2.75) is 31.5 Å². The molecule has 10 nitrogen and oxygen atoms in total. The number of benzene rings is 1. The number of carbonyl (C=O) groups excluding carboxylic acids is 2. The molecular weight excluding hydrogens is 533 g/mol. The number of nitrogens with one attached hydrogen (secondary N) is 1. The monoisotopic (exact) mass is 561 g/mol. The number of likely N-dealkylation sites (tertiary alicyclic amines) is 1. The highest BCUT2D eigenvalue weighted by atomic mass is 32.1. The minimum Gasteiger partial charge on any atom is -0.487 e. The van der Waals surface area contributed by atoms with Crippen LogP contribution in [0.3, 0.4) is 0 Å². The van der Waals surface area contributed by atoms with Crippen LogP contribution in [0, 0.1) is 5.95 Å². The highest BCUT2D eigenvalue weighted by Gasteiger charge is 2.31. The Labute approximate surface area is 234 Å². The molecule has 0 bridgehead atoms. The van der Waals surface area contributed by atoms with Crippen LogP contribution in [0.5, 0.6) is 5.75 Å². The molecule has 3 amide bonds. The molecule has 0 unspecified atom stereocenters. The number of ether oxygens (including phenoxy) is 1. The Hall–Kier alpha value is -4.45. The molecule has 2 saturated heterocycles. The van der Waals surface area contributed by atoms with Crippen molar-refractivity contribution < 1.29 is 18.7 Å². The molecule has 12 heteroatoms. The lowest BCUT2D eigenvalue weighted by Crippen LogP contribution is -2.57. The Kier molecular flexibility index (Phi) is 7.08. The Balaban J connectivity index is 1.08. The number of urea groups is 1. The van der Waals surface area contributed by atoms with E-state index in [4.69, 9.17) is 15.5 Å². The third-order valence-electron chi connectivity index (χ3n) is 7.17. The van der Waals surface area contributed by atoms with Gasteiger partial charge in [0.15, 0.2) is 5.13 Å². The molecule has 2 aliphatic rings. The molecule has 4 aromatic rings. The number of aromatic nitrogens is 3. The SMILES string of the molecule is NC(=O)N1CC(Oc2ccc(N3CCC[C@@H]3c3csc(NC(=O)c4cccn4Cc4ccnc(F)c4)n3)cc2)C1. The lowest BCUT2D eigenvalue weighted by atomic mass is 10.1. The summed E-state index contributed by atoms with van der Waals surface area (Å²) in [5.41, 5.74) is 8.45. The molecule has 206 valence electrons. The normalized spacial score (nSPS) is 17.1. The van der Waals surface area contributed by atoms with E-state index in [9.17, 15) is 14.0 Å². The first-order valence-electron chi connectivity index (χ1n) is 13.0. The summed E-state index contributed by atoms with van der Waals surface area (Å²) >= 11 is 1.40. The molecule has 3 N–H and O–H groups in total. The quantitative estimate of drug-likeness (QED) is 0.310. The van der Waals surface area contributed by atoms with Crippen LogP contribution in [0.25, 0.3) is 0 Å². The van der Waals surface area contributed by atoms with E-state index in [0.717, 1.165) is 36.5 Å². The minimum absolute atomic E-state index is 0.0389. The summed E-state index contributed by atoms with van der Waals surface area (Å²) in [6.07, 6.45) is 5.16. The third kappa shape index (κ3) is 5.48. The number of carbonyl (C=O) groups is 2. The molecule has 0 spiro atoms. The Bertz CT molecular complexity index is 1520. The maximum absolute atomic E-state index is 13.5. The lowest BCUT2D eigenvalue weighted by Gasteiger charge is -2.37. The predicted molar refractivity (Wildman–Crippen MR) is 149 cm³/mol. The van der Waals surface area contributed by atoms with Crippen LogP contribution in [0.2, 0.25) is 0 Å². The van der Waals surface area contributed by atoms with Gasteiger partial charge in [-0.15, -0.1) is 11.3 Å². The van der Waals surface area contributed by atoms with Gasteiger partial charge >= 0.3 is 6.03 Å². The second-order valence-corrected chi connectivity index (χ2v) is 10.7. The van der Waals surface area contributed by atoms with Crippen molar-refractivity contribution in [1.29, 1.82) is 0 Å². The van der Waals surface area contributed by atoms with Gasteiger partial charge in [0.2, 0.25) is 5.95 Å². The number of amides is 3. The molecule has 5 heterocycles. The number of halogens is 1. The third-order valence-corrected chi connectivity index (χ3v) is 7.95. The summed E-state index contributed by atoms with van der Waals surface area (Å²) in [7, 11) is 0. The van der Waals surface area contributed by atoms with Crippen LogP contribution >= 0.6 is 11.3 Å². The highest BCUT2D eigenvalue weighted by molar-refractivity contribution is 7.14. The van der Waals surface area contributed by atoms with Gasteiger partial charge in [-0.25, -0.2) is 14.8 Å². The number of hydrogen-bond acceptors (Lipinski definition) is 7. The summed E-state index contributed by atoms with van der Waals surface area (Å²) in [5.74, 6) is -0.0706.